The highest BCUT2D eigenvalue weighted by molar-refractivity contribution is 7.91. The van der Waals surface area contributed by atoms with E-state index in [0.29, 0.717) is 5.00 Å². The molecule has 0 spiro atoms. The Hall–Kier alpha value is -1.40. The van der Waals surface area contributed by atoms with Crippen LogP contribution in [-0.4, -0.2) is 20.4 Å². The summed E-state index contributed by atoms with van der Waals surface area (Å²) in [5.74, 6) is 0. The Balaban J connectivity index is 2.54. The van der Waals surface area contributed by atoms with Gasteiger partial charge in [-0.05, 0) is 19.1 Å². The van der Waals surface area contributed by atoms with E-state index in [-0.39, 0.29) is 9.92 Å². The third-order valence-electron chi connectivity index (χ3n) is 2.35. The highest BCUT2D eigenvalue weighted by Crippen LogP contribution is 2.29. The highest BCUT2D eigenvalue weighted by Gasteiger charge is 2.23. The standard InChI is InChI=1S/C11H12N2O2S2/c1-8-3-5-9(6-4-8)17(14,15)11-10(12-2)16-7-13-11/h3-7,12H,1-2H3. The van der Waals surface area contributed by atoms with Gasteiger partial charge in [0.05, 0.1) is 10.4 Å². The fraction of sp³-hybridized carbons (Fsp3) is 0.182. The van der Waals surface area contributed by atoms with Crippen LogP contribution in [0.3, 0.4) is 0 Å². The summed E-state index contributed by atoms with van der Waals surface area (Å²) in [7, 11) is -1.84. The molecule has 0 radical (unpaired) electrons. The predicted molar refractivity (Wildman–Crippen MR) is 68.3 cm³/mol. The van der Waals surface area contributed by atoms with Crippen molar-refractivity contribution in [1.29, 1.82) is 0 Å². The number of nitrogens with one attached hydrogen (secondary N) is 1. The normalized spacial score (nSPS) is 11.4. The van der Waals surface area contributed by atoms with Gasteiger partial charge in [-0.2, -0.15) is 0 Å². The maximum Gasteiger partial charge on any atom is 0.226 e. The van der Waals surface area contributed by atoms with E-state index in [9.17, 15) is 8.42 Å². The van der Waals surface area contributed by atoms with Gasteiger partial charge in [-0.3, -0.25) is 0 Å². The molecule has 0 aliphatic carbocycles. The van der Waals surface area contributed by atoms with Gasteiger partial charge in [0.15, 0.2) is 5.03 Å². The summed E-state index contributed by atoms with van der Waals surface area (Å²) in [4.78, 5) is 4.19. The van der Waals surface area contributed by atoms with E-state index < -0.39 is 9.84 Å². The summed E-state index contributed by atoms with van der Waals surface area (Å²) in [6.07, 6.45) is 0. The molecule has 1 aromatic heterocycles. The second-order valence-corrected chi connectivity index (χ2v) is 6.27. The molecule has 0 amide bonds. The van der Waals surface area contributed by atoms with E-state index >= 15 is 0 Å². The maximum atomic E-state index is 12.3. The van der Waals surface area contributed by atoms with Crippen molar-refractivity contribution in [2.24, 2.45) is 0 Å². The number of aromatic nitrogens is 1. The quantitative estimate of drug-likeness (QED) is 0.928. The number of nitrogens with zero attached hydrogens (tertiary/aromatic N) is 1. The second-order valence-electron chi connectivity index (χ2n) is 3.55. The summed E-state index contributed by atoms with van der Waals surface area (Å²) in [5.41, 5.74) is 2.54. The Kier molecular flexibility index (Phi) is 3.17. The van der Waals surface area contributed by atoms with Crippen LogP contribution in [-0.2, 0) is 9.84 Å². The first kappa shape index (κ1) is 12.1. The lowest BCUT2D eigenvalue weighted by Gasteiger charge is -2.04. The van der Waals surface area contributed by atoms with Crippen LogP contribution >= 0.6 is 11.3 Å². The predicted octanol–water partition coefficient (Wildman–Crippen LogP) is 2.33. The first-order valence-electron chi connectivity index (χ1n) is 4.98. The zero-order valence-electron chi connectivity index (χ0n) is 9.47. The molecule has 0 unspecified atom stereocenters. The van der Waals surface area contributed by atoms with Gasteiger partial charge >= 0.3 is 0 Å². The van der Waals surface area contributed by atoms with Gasteiger partial charge in [0.1, 0.15) is 5.00 Å². The molecule has 1 N–H and O–H groups in total. The summed E-state index contributed by atoms with van der Waals surface area (Å²) < 4.78 is 24.6. The van der Waals surface area contributed by atoms with E-state index in [1.165, 1.54) is 16.8 Å². The van der Waals surface area contributed by atoms with Crippen molar-refractivity contribution in [3.05, 3.63) is 35.3 Å². The van der Waals surface area contributed by atoms with Crippen LogP contribution in [0, 0.1) is 6.92 Å². The third kappa shape index (κ3) is 2.18. The molecule has 6 heteroatoms. The Bertz CT molecular complexity index is 615. The minimum atomic E-state index is -3.52. The molecule has 0 fully saturated rings. The van der Waals surface area contributed by atoms with Crippen LogP contribution in [0.5, 0.6) is 0 Å². The molecule has 90 valence electrons. The number of sulfone groups is 1. The number of hydrogen-bond donors (Lipinski definition) is 1. The van der Waals surface area contributed by atoms with Crippen molar-refractivity contribution in [2.75, 3.05) is 12.4 Å². The Labute approximate surface area is 104 Å². The molecule has 0 aliphatic rings. The smallest absolute Gasteiger partial charge is 0.226 e. The molecule has 2 aromatic rings. The third-order valence-corrected chi connectivity index (χ3v) is 5.03. The van der Waals surface area contributed by atoms with Crippen molar-refractivity contribution < 1.29 is 8.42 Å². The monoisotopic (exact) mass is 268 g/mol. The fourth-order valence-corrected chi connectivity index (χ4v) is 3.75. The highest BCUT2D eigenvalue weighted by atomic mass is 32.2. The zero-order chi connectivity index (χ0) is 12.5. The number of rotatable bonds is 3. The van der Waals surface area contributed by atoms with Gasteiger partial charge in [-0.25, -0.2) is 13.4 Å². The molecule has 0 aliphatic heterocycles. The molecule has 1 heterocycles. The molecular weight excluding hydrogens is 256 g/mol. The lowest BCUT2D eigenvalue weighted by Crippen LogP contribution is -2.05. The topological polar surface area (TPSA) is 59.1 Å². The lowest BCUT2D eigenvalue weighted by molar-refractivity contribution is 0.593. The van der Waals surface area contributed by atoms with Crippen LogP contribution < -0.4 is 5.32 Å². The Morgan fingerprint density at radius 3 is 2.47 bits per heavy atom. The van der Waals surface area contributed by atoms with E-state index in [4.69, 9.17) is 0 Å². The molecule has 2 rings (SSSR count). The lowest BCUT2D eigenvalue weighted by atomic mass is 10.2. The fourth-order valence-electron chi connectivity index (χ4n) is 1.42. The molecule has 17 heavy (non-hydrogen) atoms. The van der Waals surface area contributed by atoms with Gasteiger partial charge in [-0.1, -0.05) is 17.7 Å². The Morgan fingerprint density at radius 2 is 1.88 bits per heavy atom. The first-order valence-corrected chi connectivity index (χ1v) is 7.35. The second kappa shape index (κ2) is 4.46. The zero-order valence-corrected chi connectivity index (χ0v) is 11.1. The number of anilines is 1. The molecule has 0 saturated carbocycles. The Morgan fingerprint density at radius 1 is 1.24 bits per heavy atom. The van der Waals surface area contributed by atoms with Crippen LogP contribution in [0.4, 0.5) is 5.00 Å². The van der Waals surface area contributed by atoms with E-state index in [1.54, 1.807) is 31.3 Å². The first-order chi connectivity index (χ1) is 8.05. The molecule has 4 nitrogen and oxygen atoms in total. The SMILES string of the molecule is CNc1scnc1S(=O)(=O)c1ccc(C)cc1. The van der Waals surface area contributed by atoms with Gasteiger partial charge in [-0.15, -0.1) is 11.3 Å². The average molecular weight is 268 g/mol. The van der Waals surface area contributed by atoms with E-state index in [2.05, 4.69) is 10.3 Å². The van der Waals surface area contributed by atoms with Crippen LogP contribution in [0.2, 0.25) is 0 Å². The van der Waals surface area contributed by atoms with Crippen molar-refractivity contribution in [3.8, 4) is 0 Å². The van der Waals surface area contributed by atoms with Crippen molar-refractivity contribution >= 4 is 26.2 Å². The van der Waals surface area contributed by atoms with Crippen molar-refractivity contribution in [3.63, 3.8) is 0 Å². The molecular formula is C11H12N2O2S2. The minimum Gasteiger partial charge on any atom is -0.378 e. The number of benzene rings is 1. The van der Waals surface area contributed by atoms with Crippen molar-refractivity contribution in [1.82, 2.24) is 4.98 Å². The molecule has 0 atom stereocenters. The van der Waals surface area contributed by atoms with Crippen LogP contribution in [0.15, 0.2) is 39.7 Å². The van der Waals surface area contributed by atoms with Gasteiger partial charge in [0.2, 0.25) is 9.84 Å². The number of hydrogen-bond acceptors (Lipinski definition) is 5. The van der Waals surface area contributed by atoms with Crippen LogP contribution in [0.1, 0.15) is 5.56 Å². The number of aryl methyl sites for hydroxylation is 1. The van der Waals surface area contributed by atoms with E-state index in [1.807, 2.05) is 6.92 Å². The number of thiazole rings is 1. The minimum absolute atomic E-state index is 0.0915. The molecule has 0 bridgehead atoms. The molecule has 0 saturated heterocycles. The van der Waals surface area contributed by atoms with Gasteiger partial charge in [0.25, 0.3) is 0 Å². The van der Waals surface area contributed by atoms with Gasteiger partial charge in [0, 0.05) is 7.05 Å². The largest absolute Gasteiger partial charge is 0.378 e. The van der Waals surface area contributed by atoms with Gasteiger partial charge < -0.3 is 5.32 Å². The van der Waals surface area contributed by atoms with Crippen LogP contribution in [0.25, 0.3) is 0 Å². The summed E-state index contributed by atoms with van der Waals surface area (Å²) in [5, 5.41) is 3.49. The average Bonchev–Trinajstić information content (AvgIpc) is 2.78. The summed E-state index contributed by atoms with van der Waals surface area (Å²) in [6, 6.07) is 6.75. The molecule has 1 aromatic carbocycles. The summed E-state index contributed by atoms with van der Waals surface area (Å²) in [6.45, 7) is 1.91. The van der Waals surface area contributed by atoms with E-state index in [0.717, 1.165) is 5.56 Å². The maximum absolute atomic E-state index is 12.3. The summed E-state index contributed by atoms with van der Waals surface area (Å²) >= 11 is 1.27. The van der Waals surface area contributed by atoms with Crippen molar-refractivity contribution in [2.45, 2.75) is 16.8 Å².